The average molecular weight is 502 g/mol. The summed E-state index contributed by atoms with van der Waals surface area (Å²) in [7, 11) is 1.20. The number of nitrogens with one attached hydrogen (secondary N) is 2. The van der Waals surface area contributed by atoms with E-state index in [2.05, 4.69) is 20.0 Å². The van der Waals surface area contributed by atoms with E-state index in [0.29, 0.717) is 40.0 Å². The van der Waals surface area contributed by atoms with E-state index in [-0.39, 0.29) is 5.95 Å². The Balaban J connectivity index is 1.76. The Labute approximate surface area is 200 Å². The number of sulfonamides is 1. The molecular weight excluding hydrogens is 478 g/mol. The van der Waals surface area contributed by atoms with Gasteiger partial charge in [-0.15, -0.1) is 11.3 Å². The van der Waals surface area contributed by atoms with Crippen LogP contribution in [0.5, 0.6) is 17.2 Å². The van der Waals surface area contributed by atoms with Gasteiger partial charge in [-0.25, -0.2) is 13.4 Å². The van der Waals surface area contributed by atoms with Crippen LogP contribution in [0.4, 0.5) is 23.1 Å². The lowest BCUT2D eigenvalue weighted by Gasteiger charge is -2.15. The largest absolute Gasteiger partial charge is 0.493 e. The number of benzene rings is 2. The van der Waals surface area contributed by atoms with Crippen molar-refractivity contribution in [1.29, 1.82) is 0 Å². The molecule has 0 saturated carbocycles. The third kappa shape index (κ3) is 4.77. The number of rotatable bonds is 8. The van der Waals surface area contributed by atoms with Crippen LogP contribution < -0.4 is 30.0 Å². The molecule has 34 heavy (non-hydrogen) atoms. The molecule has 0 aliphatic heterocycles. The Kier molecular flexibility index (Phi) is 6.35. The molecule has 4 N–H and O–H groups in total. The van der Waals surface area contributed by atoms with E-state index in [1.165, 1.54) is 32.7 Å². The van der Waals surface area contributed by atoms with E-state index in [1.54, 1.807) is 30.3 Å². The summed E-state index contributed by atoms with van der Waals surface area (Å²) in [5.41, 5.74) is 9.54. The number of ether oxygens (including phenoxy) is 3. The van der Waals surface area contributed by atoms with Crippen LogP contribution in [0.2, 0.25) is 0 Å². The van der Waals surface area contributed by atoms with E-state index in [4.69, 9.17) is 19.9 Å². The Morgan fingerprint density at radius 2 is 1.68 bits per heavy atom. The van der Waals surface area contributed by atoms with E-state index >= 15 is 0 Å². The maximum Gasteiger partial charge on any atom is 0.229 e. The van der Waals surface area contributed by atoms with Crippen LogP contribution in [0, 0.1) is 0 Å². The average Bonchev–Trinajstić information content (AvgIpc) is 3.22. The van der Waals surface area contributed by atoms with Crippen molar-refractivity contribution in [2.24, 2.45) is 0 Å². The van der Waals surface area contributed by atoms with Gasteiger partial charge in [0.15, 0.2) is 11.5 Å². The van der Waals surface area contributed by atoms with Gasteiger partial charge in [0.05, 0.1) is 37.8 Å². The van der Waals surface area contributed by atoms with Crippen molar-refractivity contribution in [3.05, 3.63) is 41.8 Å². The second-order valence-electron chi connectivity index (χ2n) is 7.25. The number of aromatic nitrogens is 2. The molecule has 12 heteroatoms. The molecule has 0 bridgehead atoms. The van der Waals surface area contributed by atoms with Crippen molar-refractivity contribution in [3.8, 4) is 28.4 Å². The molecule has 2 aromatic carbocycles. The van der Waals surface area contributed by atoms with Gasteiger partial charge in [-0.1, -0.05) is 12.1 Å². The molecule has 2 aromatic heterocycles. The van der Waals surface area contributed by atoms with Gasteiger partial charge in [0.1, 0.15) is 5.82 Å². The number of thiophene rings is 1. The number of hydrogen-bond acceptors (Lipinski definition) is 10. The van der Waals surface area contributed by atoms with Gasteiger partial charge in [0.25, 0.3) is 0 Å². The third-order valence-corrected chi connectivity index (χ3v) is 6.44. The van der Waals surface area contributed by atoms with Gasteiger partial charge < -0.3 is 25.3 Å². The Hall–Kier alpha value is -3.77. The second-order valence-corrected chi connectivity index (χ2v) is 9.88. The lowest BCUT2D eigenvalue weighted by atomic mass is 10.1. The van der Waals surface area contributed by atoms with Crippen LogP contribution in [0.15, 0.2) is 41.8 Å². The molecular formula is C22H23N5O5S2. The summed E-state index contributed by atoms with van der Waals surface area (Å²) < 4.78 is 42.6. The molecule has 4 aromatic rings. The van der Waals surface area contributed by atoms with Crippen LogP contribution >= 0.6 is 11.3 Å². The summed E-state index contributed by atoms with van der Waals surface area (Å²) in [5.74, 6) is 2.02. The first-order valence-electron chi connectivity index (χ1n) is 9.92. The zero-order chi connectivity index (χ0) is 24.5. The highest BCUT2D eigenvalue weighted by atomic mass is 32.2. The van der Waals surface area contributed by atoms with Crippen LogP contribution in [0.3, 0.4) is 0 Å². The monoisotopic (exact) mass is 501 g/mol. The van der Waals surface area contributed by atoms with Gasteiger partial charge in [0.2, 0.25) is 21.7 Å². The quantitative estimate of drug-likeness (QED) is 0.326. The Bertz CT molecular complexity index is 1450. The summed E-state index contributed by atoms with van der Waals surface area (Å²) in [5, 5.41) is 5.06. The maximum absolute atomic E-state index is 11.6. The number of nitrogen functional groups attached to an aromatic ring is 1. The second kappa shape index (κ2) is 9.23. The van der Waals surface area contributed by atoms with Gasteiger partial charge in [-0.05, 0) is 17.7 Å². The molecule has 0 unspecified atom stereocenters. The summed E-state index contributed by atoms with van der Waals surface area (Å²) >= 11 is 1.41. The first kappa shape index (κ1) is 23.4. The van der Waals surface area contributed by atoms with E-state index < -0.39 is 10.0 Å². The van der Waals surface area contributed by atoms with Crippen molar-refractivity contribution in [2.45, 2.75) is 0 Å². The number of methoxy groups -OCH3 is 3. The highest BCUT2D eigenvalue weighted by Gasteiger charge is 2.17. The molecule has 4 rings (SSSR count). The normalized spacial score (nSPS) is 11.3. The van der Waals surface area contributed by atoms with Crippen molar-refractivity contribution in [3.63, 3.8) is 0 Å². The maximum atomic E-state index is 11.6. The fourth-order valence-corrected chi connectivity index (χ4v) is 4.92. The zero-order valence-corrected chi connectivity index (χ0v) is 20.5. The predicted octanol–water partition coefficient (Wildman–Crippen LogP) is 4.08. The van der Waals surface area contributed by atoms with Gasteiger partial charge in [-0.3, -0.25) is 4.72 Å². The number of hydrogen-bond donors (Lipinski definition) is 3. The van der Waals surface area contributed by atoms with Gasteiger partial charge in [0, 0.05) is 34.5 Å². The lowest BCUT2D eigenvalue weighted by molar-refractivity contribution is 0.324. The molecule has 0 aliphatic carbocycles. The number of anilines is 4. The van der Waals surface area contributed by atoms with Crippen molar-refractivity contribution in [2.75, 3.05) is 43.4 Å². The SMILES string of the molecule is COc1cc(Nc2nc(N)c3scc(-c4cccc(NS(C)(=O)=O)c4)c3n2)cc(OC)c1OC. The van der Waals surface area contributed by atoms with E-state index in [0.717, 1.165) is 22.1 Å². The topological polar surface area (TPSA) is 138 Å². The molecule has 0 radical (unpaired) electrons. The summed E-state index contributed by atoms with van der Waals surface area (Å²) in [6.45, 7) is 0. The standard InChI is InChI=1S/C22H23N5O5S2/c1-30-16-9-14(10-17(31-2)19(16)32-3)24-22-25-18-15(11-33-20(18)21(23)26-22)12-6-5-7-13(8-12)27-34(4,28)29/h5-11,27H,1-4H3,(H3,23,24,25,26). The summed E-state index contributed by atoms with van der Waals surface area (Å²) in [6, 6.07) is 10.5. The fourth-order valence-electron chi connectivity index (χ4n) is 3.45. The molecule has 178 valence electrons. The molecule has 0 fully saturated rings. The lowest BCUT2D eigenvalue weighted by Crippen LogP contribution is -2.09. The van der Waals surface area contributed by atoms with Crippen LogP contribution in [-0.4, -0.2) is 46.0 Å². The minimum atomic E-state index is -3.40. The molecule has 0 atom stereocenters. The van der Waals surface area contributed by atoms with Crippen LogP contribution in [-0.2, 0) is 10.0 Å². The molecule has 0 aliphatic rings. The van der Waals surface area contributed by atoms with Gasteiger partial charge >= 0.3 is 0 Å². The fraction of sp³-hybridized carbons (Fsp3) is 0.182. The molecule has 0 spiro atoms. The first-order valence-corrected chi connectivity index (χ1v) is 12.7. The first-order chi connectivity index (χ1) is 16.2. The number of fused-ring (bicyclic) bond motifs is 1. The number of nitrogens with two attached hydrogens (primary N) is 1. The minimum absolute atomic E-state index is 0.282. The van der Waals surface area contributed by atoms with Gasteiger partial charge in [-0.2, -0.15) is 4.98 Å². The van der Waals surface area contributed by atoms with Crippen LogP contribution in [0.1, 0.15) is 0 Å². The third-order valence-electron chi connectivity index (χ3n) is 4.84. The van der Waals surface area contributed by atoms with Crippen molar-refractivity contribution < 1.29 is 22.6 Å². The highest BCUT2D eigenvalue weighted by Crippen LogP contribution is 2.41. The smallest absolute Gasteiger partial charge is 0.229 e. The predicted molar refractivity (Wildman–Crippen MR) is 135 cm³/mol. The van der Waals surface area contributed by atoms with Crippen LogP contribution in [0.25, 0.3) is 21.3 Å². The molecule has 0 amide bonds. The zero-order valence-electron chi connectivity index (χ0n) is 18.9. The molecule has 2 heterocycles. The van der Waals surface area contributed by atoms with E-state index in [9.17, 15) is 8.42 Å². The summed E-state index contributed by atoms with van der Waals surface area (Å²) in [6.07, 6.45) is 1.11. The molecule has 10 nitrogen and oxygen atoms in total. The summed E-state index contributed by atoms with van der Waals surface area (Å²) in [4.78, 5) is 9.07. The van der Waals surface area contributed by atoms with Crippen molar-refractivity contribution in [1.82, 2.24) is 9.97 Å². The van der Waals surface area contributed by atoms with E-state index in [1.807, 2.05) is 11.4 Å². The number of nitrogens with zero attached hydrogens (tertiary/aromatic N) is 2. The minimum Gasteiger partial charge on any atom is -0.493 e. The Morgan fingerprint density at radius 3 is 2.29 bits per heavy atom. The van der Waals surface area contributed by atoms with Crippen molar-refractivity contribution >= 4 is 54.7 Å². The highest BCUT2D eigenvalue weighted by molar-refractivity contribution is 7.92. The Morgan fingerprint density at radius 1 is 0.971 bits per heavy atom. The molecule has 0 saturated heterocycles.